The highest BCUT2D eigenvalue weighted by Crippen LogP contribution is 2.29. The number of aryl methyl sites for hydroxylation is 2. The minimum atomic E-state index is 0.322. The van der Waals surface area contributed by atoms with Crippen molar-refractivity contribution < 1.29 is 0 Å². The molecule has 1 aliphatic heterocycles. The summed E-state index contributed by atoms with van der Waals surface area (Å²) in [6.45, 7) is 8.34. The van der Waals surface area contributed by atoms with Gasteiger partial charge >= 0.3 is 0 Å². The van der Waals surface area contributed by atoms with Gasteiger partial charge in [-0.1, -0.05) is 60.7 Å². The Kier molecular flexibility index (Phi) is 6.98. The molecule has 0 atom stereocenters. The number of aromatic nitrogens is 2. The van der Waals surface area contributed by atoms with Gasteiger partial charge in [-0.15, -0.1) is 0 Å². The molecule has 0 spiro atoms. The van der Waals surface area contributed by atoms with Crippen molar-refractivity contribution in [2.24, 2.45) is 0 Å². The summed E-state index contributed by atoms with van der Waals surface area (Å²) in [7, 11) is 0. The van der Waals surface area contributed by atoms with Crippen LogP contribution in [-0.4, -0.2) is 59.0 Å². The van der Waals surface area contributed by atoms with Gasteiger partial charge in [0.2, 0.25) is 0 Å². The van der Waals surface area contributed by atoms with Crippen LogP contribution in [0.4, 0.5) is 5.82 Å². The predicted octanol–water partition coefficient (Wildman–Crippen LogP) is 4.48. The second-order valence-corrected chi connectivity index (χ2v) is 9.28. The van der Waals surface area contributed by atoms with E-state index in [4.69, 9.17) is 4.98 Å². The molecule has 1 N–H and O–H groups in total. The van der Waals surface area contributed by atoms with E-state index < -0.39 is 0 Å². The Labute approximate surface area is 197 Å². The largest absolute Gasteiger partial charge is 0.368 e. The van der Waals surface area contributed by atoms with Crippen molar-refractivity contribution in [1.82, 2.24) is 19.8 Å². The summed E-state index contributed by atoms with van der Waals surface area (Å²) in [5, 5.41) is 3.64. The van der Waals surface area contributed by atoms with E-state index in [1.54, 1.807) is 0 Å². The van der Waals surface area contributed by atoms with Crippen molar-refractivity contribution in [3.05, 3.63) is 88.9 Å². The van der Waals surface area contributed by atoms with Crippen LogP contribution in [0.1, 0.15) is 47.1 Å². The number of piperazine rings is 1. The Hall–Kier alpha value is -2.76. The van der Waals surface area contributed by atoms with Gasteiger partial charge in [-0.25, -0.2) is 9.97 Å². The number of hydrogen-bond acceptors (Lipinski definition) is 5. The fourth-order valence-corrected chi connectivity index (χ4v) is 5.33. The standard InChI is InChI=1S/C28H35N5/c1-22-30-26-15-9-8-14-25(26)28(31-22)29-16-17-32-18-20-33(21-19-32)27(23-10-4-2-5-11-23)24-12-6-3-7-13-24/h2-7,10-13,27H,8-9,14-21H2,1H3,(H,29,30,31). The minimum Gasteiger partial charge on any atom is -0.368 e. The van der Waals surface area contributed by atoms with Crippen LogP contribution in [-0.2, 0) is 12.8 Å². The number of anilines is 1. The van der Waals surface area contributed by atoms with Gasteiger partial charge in [-0.05, 0) is 43.7 Å². The maximum absolute atomic E-state index is 4.72. The summed E-state index contributed by atoms with van der Waals surface area (Å²) in [5.74, 6) is 1.96. The molecule has 1 aromatic heterocycles. The van der Waals surface area contributed by atoms with E-state index in [0.29, 0.717) is 6.04 Å². The zero-order chi connectivity index (χ0) is 22.5. The van der Waals surface area contributed by atoms with Crippen LogP contribution >= 0.6 is 0 Å². The number of nitrogens with zero attached hydrogens (tertiary/aromatic N) is 4. The first-order valence-corrected chi connectivity index (χ1v) is 12.4. The molecule has 33 heavy (non-hydrogen) atoms. The van der Waals surface area contributed by atoms with Gasteiger partial charge in [0.15, 0.2) is 0 Å². The Morgan fingerprint density at radius 1 is 0.818 bits per heavy atom. The average molecular weight is 442 g/mol. The molecule has 172 valence electrons. The van der Waals surface area contributed by atoms with Gasteiger partial charge in [-0.2, -0.15) is 0 Å². The third-order valence-corrected chi connectivity index (χ3v) is 7.02. The van der Waals surface area contributed by atoms with Gasteiger partial charge < -0.3 is 5.32 Å². The van der Waals surface area contributed by atoms with E-state index in [2.05, 4.69) is 80.8 Å². The molecule has 2 heterocycles. The molecule has 0 radical (unpaired) electrons. The van der Waals surface area contributed by atoms with Crippen molar-refractivity contribution in [2.45, 2.75) is 38.6 Å². The van der Waals surface area contributed by atoms with E-state index in [9.17, 15) is 0 Å². The third kappa shape index (κ3) is 5.26. The molecule has 5 nitrogen and oxygen atoms in total. The zero-order valence-electron chi connectivity index (χ0n) is 19.7. The summed E-state index contributed by atoms with van der Waals surface area (Å²) < 4.78 is 0. The number of hydrogen-bond donors (Lipinski definition) is 1. The van der Waals surface area contributed by atoms with Crippen LogP contribution in [0.5, 0.6) is 0 Å². The molecular weight excluding hydrogens is 406 g/mol. The minimum absolute atomic E-state index is 0.322. The molecular formula is C28H35N5. The lowest BCUT2D eigenvalue weighted by molar-refractivity contribution is 0.112. The summed E-state index contributed by atoms with van der Waals surface area (Å²) in [6.07, 6.45) is 4.70. The van der Waals surface area contributed by atoms with Crippen LogP contribution in [0, 0.1) is 6.92 Å². The Bertz CT molecular complexity index is 989. The highest BCUT2D eigenvalue weighted by molar-refractivity contribution is 5.47. The SMILES string of the molecule is Cc1nc2c(c(NCCN3CCN(C(c4ccccc4)c4ccccc4)CC3)n1)CCCC2. The first kappa shape index (κ1) is 22.1. The Balaban J connectivity index is 1.19. The molecule has 5 heteroatoms. The lowest BCUT2D eigenvalue weighted by Crippen LogP contribution is -2.48. The van der Waals surface area contributed by atoms with E-state index in [1.165, 1.54) is 35.2 Å². The first-order chi connectivity index (χ1) is 16.3. The molecule has 1 aliphatic carbocycles. The Morgan fingerprint density at radius 2 is 1.45 bits per heavy atom. The normalized spacial score (nSPS) is 17.2. The lowest BCUT2D eigenvalue weighted by atomic mass is 9.96. The quantitative estimate of drug-likeness (QED) is 0.586. The van der Waals surface area contributed by atoms with Gasteiger partial charge in [0, 0.05) is 50.5 Å². The van der Waals surface area contributed by atoms with Gasteiger partial charge in [0.25, 0.3) is 0 Å². The second-order valence-electron chi connectivity index (χ2n) is 9.28. The van der Waals surface area contributed by atoms with E-state index >= 15 is 0 Å². The number of fused-ring (bicyclic) bond motifs is 1. The maximum atomic E-state index is 4.72. The van der Waals surface area contributed by atoms with Crippen LogP contribution in [0.2, 0.25) is 0 Å². The molecule has 2 aliphatic rings. The van der Waals surface area contributed by atoms with Crippen molar-refractivity contribution >= 4 is 5.82 Å². The van der Waals surface area contributed by atoms with Gasteiger partial charge in [-0.3, -0.25) is 9.80 Å². The topological polar surface area (TPSA) is 44.3 Å². The molecule has 0 amide bonds. The molecule has 0 unspecified atom stereocenters. The van der Waals surface area contributed by atoms with Gasteiger partial charge in [0.1, 0.15) is 11.6 Å². The van der Waals surface area contributed by atoms with Crippen LogP contribution in [0.3, 0.4) is 0 Å². The van der Waals surface area contributed by atoms with Crippen LogP contribution in [0.25, 0.3) is 0 Å². The maximum Gasteiger partial charge on any atom is 0.133 e. The number of rotatable bonds is 7. The molecule has 2 aromatic carbocycles. The second kappa shape index (κ2) is 10.4. The highest BCUT2D eigenvalue weighted by Gasteiger charge is 2.26. The summed E-state index contributed by atoms with van der Waals surface area (Å²) >= 11 is 0. The average Bonchev–Trinajstić information content (AvgIpc) is 2.86. The number of nitrogens with one attached hydrogen (secondary N) is 1. The molecule has 5 rings (SSSR count). The summed E-state index contributed by atoms with van der Waals surface area (Å²) in [6, 6.07) is 22.2. The monoisotopic (exact) mass is 441 g/mol. The smallest absolute Gasteiger partial charge is 0.133 e. The van der Waals surface area contributed by atoms with Crippen molar-refractivity contribution in [2.75, 3.05) is 44.6 Å². The molecule has 1 fully saturated rings. The molecule has 1 saturated heterocycles. The van der Waals surface area contributed by atoms with E-state index in [0.717, 1.165) is 63.8 Å². The fraction of sp³-hybridized carbons (Fsp3) is 0.429. The van der Waals surface area contributed by atoms with E-state index in [1.807, 2.05) is 6.92 Å². The number of benzene rings is 2. The van der Waals surface area contributed by atoms with Crippen LogP contribution < -0.4 is 5.32 Å². The van der Waals surface area contributed by atoms with Crippen LogP contribution in [0.15, 0.2) is 60.7 Å². The van der Waals surface area contributed by atoms with Crippen molar-refractivity contribution in [1.29, 1.82) is 0 Å². The third-order valence-electron chi connectivity index (χ3n) is 7.02. The summed E-state index contributed by atoms with van der Waals surface area (Å²) in [5.41, 5.74) is 5.37. The highest BCUT2D eigenvalue weighted by atomic mass is 15.3. The molecule has 3 aromatic rings. The Morgan fingerprint density at radius 3 is 2.12 bits per heavy atom. The van der Waals surface area contributed by atoms with Crippen molar-refractivity contribution in [3.63, 3.8) is 0 Å². The van der Waals surface area contributed by atoms with Gasteiger partial charge in [0.05, 0.1) is 6.04 Å². The lowest BCUT2D eigenvalue weighted by Gasteiger charge is -2.40. The van der Waals surface area contributed by atoms with E-state index in [-0.39, 0.29) is 0 Å². The fourth-order valence-electron chi connectivity index (χ4n) is 5.33. The molecule has 0 bridgehead atoms. The van der Waals surface area contributed by atoms with Crippen molar-refractivity contribution in [3.8, 4) is 0 Å². The predicted molar refractivity (Wildman–Crippen MR) is 135 cm³/mol. The zero-order valence-corrected chi connectivity index (χ0v) is 19.7. The molecule has 0 saturated carbocycles. The first-order valence-electron chi connectivity index (χ1n) is 12.4. The summed E-state index contributed by atoms with van der Waals surface area (Å²) in [4.78, 5) is 14.6.